The van der Waals surface area contributed by atoms with E-state index in [4.69, 9.17) is 0 Å². The molecule has 0 radical (unpaired) electrons. The van der Waals surface area contributed by atoms with Gasteiger partial charge in [0.2, 0.25) is 0 Å². The fraction of sp³-hybridized carbons (Fsp3) is 0.250. The molecule has 0 spiro atoms. The summed E-state index contributed by atoms with van der Waals surface area (Å²) >= 11 is 0. The molecule has 0 aromatic heterocycles. The van der Waals surface area contributed by atoms with E-state index < -0.39 is 10.0 Å². The fourth-order valence-corrected chi connectivity index (χ4v) is 1.16. The zero-order valence-electron chi connectivity index (χ0n) is 7.77. The van der Waals surface area contributed by atoms with Gasteiger partial charge in [-0.15, -0.1) is 6.54 Å². The molecule has 0 N–H and O–H groups in total. The van der Waals surface area contributed by atoms with Crippen molar-refractivity contribution in [3.8, 4) is 0 Å². The molecule has 5 heteroatoms. The van der Waals surface area contributed by atoms with Crippen LogP contribution in [0.2, 0.25) is 0 Å². The van der Waals surface area contributed by atoms with E-state index in [9.17, 15) is 8.42 Å². The quantitative estimate of drug-likeness (QED) is 0.587. The first-order valence-electron chi connectivity index (χ1n) is 3.50. The molecule has 0 aliphatic carbocycles. The predicted molar refractivity (Wildman–Crippen MR) is 48.3 cm³/mol. The summed E-state index contributed by atoms with van der Waals surface area (Å²) in [6.45, 7) is 0.236. The molecule has 0 aliphatic rings. The molecule has 0 amide bonds. The second-order valence-electron chi connectivity index (χ2n) is 2.51. The summed E-state index contributed by atoms with van der Waals surface area (Å²) in [5.74, 6) is 0. The molecule has 0 aliphatic heterocycles. The summed E-state index contributed by atoms with van der Waals surface area (Å²) in [5, 5.41) is 0. The van der Waals surface area contributed by atoms with Crippen molar-refractivity contribution in [2.75, 3.05) is 6.26 Å². The number of sulfonamides is 1. The van der Waals surface area contributed by atoms with Crippen LogP contribution in [0.4, 0.5) is 0 Å². The average molecular weight is 223 g/mol. The van der Waals surface area contributed by atoms with Gasteiger partial charge in [0.1, 0.15) is 0 Å². The van der Waals surface area contributed by atoms with E-state index in [1.165, 1.54) is 0 Å². The van der Waals surface area contributed by atoms with E-state index in [2.05, 4.69) is 4.72 Å². The maximum Gasteiger partial charge on any atom is 1.00 e. The molecule has 13 heavy (non-hydrogen) atoms. The Morgan fingerprint density at radius 2 is 1.77 bits per heavy atom. The molecule has 0 bridgehead atoms. The molecule has 1 aromatic rings. The van der Waals surface area contributed by atoms with E-state index in [1.54, 1.807) is 0 Å². The Balaban J connectivity index is 0.00000144. The second-order valence-corrected chi connectivity index (χ2v) is 4.23. The number of hydrogen-bond donors (Lipinski definition) is 0. The fourth-order valence-electron chi connectivity index (χ4n) is 0.775. The Morgan fingerprint density at radius 1 is 1.23 bits per heavy atom. The zero-order chi connectivity index (χ0) is 9.03. The molecule has 0 heterocycles. The summed E-state index contributed by atoms with van der Waals surface area (Å²) < 4.78 is 24.8. The Hall–Kier alpha value is 0.766. The second kappa shape index (κ2) is 6.29. The maximum absolute atomic E-state index is 10.6. The van der Waals surface area contributed by atoms with Crippen LogP contribution >= 0.6 is 0 Å². The molecule has 0 unspecified atom stereocenters. The molecule has 1 rings (SSSR count). The van der Waals surface area contributed by atoms with Crippen LogP contribution in [-0.4, -0.2) is 14.7 Å². The minimum absolute atomic E-state index is 0. The summed E-state index contributed by atoms with van der Waals surface area (Å²) in [4.78, 5) is 0. The predicted octanol–water partition coefficient (Wildman–Crippen LogP) is -1.48. The first-order chi connectivity index (χ1) is 5.58. The van der Waals surface area contributed by atoms with Crippen molar-refractivity contribution < 1.29 is 59.8 Å². The van der Waals surface area contributed by atoms with Crippen molar-refractivity contribution in [2.24, 2.45) is 0 Å². The molecule has 66 valence electrons. The van der Waals surface area contributed by atoms with Crippen LogP contribution in [0.5, 0.6) is 0 Å². The van der Waals surface area contributed by atoms with E-state index in [-0.39, 0.29) is 57.9 Å². The van der Waals surface area contributed by atoms with Gasteiger partial charge in [-0.2, -0.15) is 0 Å². The van der Waals surface area contributed by atoms with Gasteiger partial charge in [-0.1, -0.05) is 35.9 Å². The summed E-state index contributed by atoms with van der Waals surface area (Å²) in [5.41, 5.74) is 0.905. The smallest absolute Gasteiger partial charge is 0.545 e. The SMILES string of the molecule is CS(=O)(=O)[N-]Cc1ccccc1.[K+]. The van der Waals surface area contributed by atoms with E-state index in [0.717, 1.165) is 11.8 Å². The van der Waals surface area contributed by atoms with Gasteiger partial charge in [0, 0.05) is 6.26 Å². The largest absolute Gasteiger partial charge is 1.00 e. The van der Waals surface area contributed by atoms with E-state index in [1.807, 2.05) is 30.3 Å². The number of hydrogen-bond acceptors (Lipinski definition) is 2. The van der Waals surface area contributed by atoms with Crippen molar-refractivity contribution in [1.82, 2.24) is 0 Å². The van der Waals surface area contributed by atoms with Gasteiger partial charge >= 0.3 is 51.4 Å². The van der Waals surface area contributed by atoms with Crippen LogP contribution in [0.3, 0.4) is 0 Å². The Labute approximate surface area is 121 Å². The minimum Gasteiger partial charge on any atom is -0.545 e. The van der Waals surface area contributed by atoms with Crippen LogP contribution in [0.25, 0.3) is 4.72 Å². The Kier molecular flexibility index (Phi) is 6.66. The molecule has 3 nitrogen and oxygen atoms in total. The van der Waals surface area contributed by atoms with E-state index in [0.29, 0.717) is 0 Å². The van der Waals surface area contributed by atoms with Crippen LogP contribution in [0.15, 0.2) is 30.3 Å². The third-order valence-electron chi connectivity index (χ3n) is 1.32. The van der Waals surface area contributed by atoms with Gasteiger partial charge in [0.25, 0.3) is 0 Å². The van der Waals surface area contributed by atoms with Crippen molar-refractivity contribution in [2.45, 2.75) is 6.54 Å². The minimum atomic E-state index is -3.20. The number of nitrogens with zero attached hydrogens (tertiary/aromatic N) is 1. The zero-order valence-corrected chi connectivity index (χ0v) is 11.7. The first kappa shape index (κ1) is 13.8. The molecule has 0 atom stereocenters. The third kappa shape index (κ3) is 6.79. The summed E-state index contributed by atoms with van der Waals surface area (Å²) in [7, 11) is -3.20. The van der Waals surface area contributed by atoms with Crippen LogP contribution in [0, 0.1) is 0 Å². The van der Waals surface area contributed by atoms with Gasteiger partial charge in [-0.3, -0.25) is 0 Å². The normalized spacial score (nSPS) is 10.5. The molecule has 0 saturated carbocycles. The first-order valence-corrected chi connectivity index (χ1v) is 5.35. The van der Waals surface area contributed by atoms with Gasteiger partial charge in [0.05, 0.1) is 10.0 Å². The van der Waals surface area contributed by atoms with Crippen LogP contribution < -0.4 is 51.4 Å². The van der Waals surface area contributed by atoms with Crippen LogP contribution in [-0.2, 0) is 16.6 Å². The molecular formula is C8H10KNO2S. The third-order valence-corrected chi connectivity index (χ3v) is 1.92. The van der Waals surface area contributed by atoms with Gasteiger partial charge in [-0.25, -0.2) is 8.42 Å². The van der Waals surface area contributed by atoms with Crippen molar-refractivity contribution in [3.05, 3.63) is 40.6 Å². The average Bonchev–Trinajstić information content (AvgIpc) is 2.02. The molecule has 1 aromatic carbocycles. The van der Waals surface area contributed by atoms with Gasteiger partial charge < -0.3 is 4.72 Å². The number of rotatable bonds is 3. The van der Waals surface area contributed by atoms with Crippen molar-refractivity contribution >= 4 is 10.0 Å². The molecule has 0 saturated heterocycles. The van der Waals surface area contributed by atoms with Gasteiger partial charge in [-0.05, 0) is 0 Å². The van der Waals surface area contributed by atoms with Crippen molar-refractivity contribution in [1.29, 1.82) is 0 Å². The maximum atomic E-state index is 10.6. The topological polar surface area (TPSA) is 48.2 Å². The Bertz CT molecular complexity index is 336. The summed E-state index contributed by atoms with van der Waals surface area (Å²) in [6, 6.07) is 9.27. The van der Waals surface area contributed by atoms with Gasteiger partial charge in [0.15, 0.2) is 0 Å². The monoisotopic (exact) mass is 223 g/mol. The van der Waals surface area contributed by atoms with Crippen molar-refractivity contribution in [3.63, 3.8) is 0 Å². The molecule has 0 fully saturated rings. The Morgan fingerprint density at radius 3 is 2.23 bits per heavy atom. The standard InChI is InChI=1S/C8H10NO2S.K/c1-12(10,11)9-7-8-5-3-2-4-6-8;/h2-6H,7H2,1H3;/q-1;+1. The van der Waals surface area contributed by atoms with Crippen LogP contribution in [0.1, 0.15) is 5.56 Å². The molecular weight excluding hydrogens is 213 g/mol. The summed E-state index contributed by atoms with van der Waals surface area (Å²) in [6.07, 6.45) is 1.09. The number of benzene rings is 1. The van der Waals surface area contributed by atoms with E-state index >= 15 is 0 Å².